The van der Waals surface area contributed by atoms with Crippen molar-refractivity contribution in [3.05, 3.63) is 53.1 Å². The first-order valence-corrected chi connectivity index (χ1v) is 10.2. The van der Waals surface area contributed by atoms with Crippen molar-refractivity contribution >= 4 is 17.5 Å². The summed E-state index contributed by atoms with van der Waals surface area (Å²) in [5.74, 6) is 1.17. The molecule has 168 valence electrons. The zero-order valence-corrected chi connectivity index (χ0v) is 17.9. The lowest BCUT2D eigenvalue weighted by molar-refractivity contribution is -0.137. The Balaban J connectivity index is 1.93. The number of fused-ring (bicyclic) bond motifs is 1. The number of rotatable bonds is 7. The van der Waals surface area contributed by atoms with Gasteiger partial charge in [-0.3, -0.25) is 4.79 Å². The second kappa shape index (κ2) is 9.68. The Hall–Kier alpha value is -2.61. The maximum atomic E-state index is 13.0. The topological polar surface area (TPSA) is 48.0 Å². The fraction of sp³-hybridized carbons (Fsp3) is 0.409. The van der Waals surface area contributed by atoms with Gasteiger partial charge in [0.1, 0.15) is 12.4 Å². The normalized spacial score (nSPS) is 15.9. The van der Waals surface area contributed by atoms with E-state index in [1.165, 1.54) is 26.4 Å². The largest absolute Gasteiger partial charge is 0.493 e. The van der Waals surface area contributed by atoms with Crippen molar-refractivity contribution in [1.82, 2.24) is 4.90 Å². The minimum Gasteiger partial charge on any atom is -0.493 e. The third-order valence-corrected chi connectivity index (χ3v) is 5.39. The molecule has 0 spiro atoms. The zero-order valence-electron chi connectivity index (χ0n) is 17.2. The molecule has 0 bridgehead atoms. The molecule has 1 aliphatic rings. The summed E-state index contributed by atoms with van der Waals surface area (Å²) in [5, 5.41) is 0. The zero-order chi connectivity index (χ0) is 22.6. The minimum atomic E-state index is -4.47. The van der Waals surface area contributed by atoms with E-state index in [1.807, 2.05) is 6.07 Å². The van der Waals surface area contributed by atoms with Crippen molar-refractivity contribution in [2.24, 2.45) is 0 Å². The molecule has 2 aromatic rings. The van der Waals surface area contributed by atoms with Crippen LogP contribution < -0.4 is 14.2 Å². The molecule has 5 nitrogen and oxygen atoms in total. The van der Waals surface area contributed by atoms with Gasteiger partial charge in [0.15, 0.2) is 11.5 Å². The van der Waals surface area contributed by atoms with Crippen LogP contribution in [0.25, 0.3) is 0 Å². The number of amides is 1. The van der Waals surface area contributed by atoms with E-state index in [-0.39, 0.29) is 30.6 Å². The molecule has 2 aromatic carbocycles. The Kier molecular flexibility index (Phi) is 7.20. The second-order valence-electron chi connectivity index (χ2n) is 7.03. The number of benzene rings is 2. The van der Waals surface area contributed by atoms with Crippen LogP contribution in [0.15, 0.2) is 36.4 Å². The van der Waals surface area contributed by atoms with E-state index in [9.17, 15) is 18.0 Å². The fourth-order valence-electron chi connectivity index (χ4n) is 3.67. The molecule has 0 aromatic heterocycles. The first kappa shape index (κ1) is 23.1. The van der Waals surface area contributed by atoms with Crippen LogP contribution in [0.1, 0.15) is 29.2 Å². The standard InChI is InChI=1S/C22H23ClF3NO4/c1-29-19-10-14-7-9-27(21(28)6-8-23)18(17(14)12-20(19)30-2)13-31-16-5-3-4-15(11-16)22(24,25)26/h3-5,10-12,18H,6-9,13H2,1-2H3. The summed E-state index contributed by atoms with van der Waals surface area (Å²) >= 11 is 5.76. The van der Waals surface area contributed by atoms with Crippen LogP contribution in [-0.4, -0.2) is 44.1 Å². The molecule has 1 amide bonds. The van der Waals surface area contributed by atoms with Crippen molar-refractivity contribution in [3.63, 3.8) is 0 Å². The summed E-state index contributed by atoms with van der Waals surface area (Å²) < 4.78 is 55.5. The third kappa shape index (κ3) is 5.18. The van der Waals surface area contributed by atoms with Gasteiger partial charge in [-0.05, 0) is 47.9 Å². The summed E-state index contributed by atoms with van der Waals surface area (Å²) in [4.78, 5) is 14.3. The van der Waals surface area contributed by atoms with Crippen LogP contribution in [0.3, 0.4) is 0 Å². The maximum absolute atomic E-state index is 13.0. The smallest absolute Gasteiger partial charge is 0.416 e. The van der Waals surface area contributed by atoms with E-state index >= 15 is 0 Å². The molecule has 1 aliphatic heterocycles. The van der Waals surface area contributed by atoms with Crippen molar-refractivity contribution in [2.75, 3.05) is 33.3 Å². The molecule has 1 heterocycles. The van der Waals surface area contributed by atoms with E-state index < -0.39 is 17.8 Å². The molecule has 3 rings (SSSR count). The van der Waals surface area contributed by atoms with Gasteiger partial charge in [-0.1, -0.05) is 6.07 Å². The Morgan fingerprint density at radius 2 is 1.87 bits per heavy atom. The molecule has 0 aliphatic carbocycles. The Morgan fingerprint density at radius 1 is 1.16 bits per heavy atom. The van der Waals surface area contributed by atoms with E-state index in [1.54, 1.807) is 11.0 Å². The van der Waals surface area contributed by atoms with Gasteiger partial charge in [0.25, 0.3) is 0 Å². The molecule has 0 radical (unpaired) electrons. The van der Waals surface area contributed by atoms with Gasteiger partial charge >= 0.3 is 6.18 Å². The van der Waals surface area contributed by atoms with Crippen molar-refractivity contribution in [3.8, 4) is 17.2 Å². The third-order valence-electron chi connectivity index (χ3n) is 5.20. The molecular formula is C22H23ClF3NO4. The van der Waals surface area contributed by atoms with Gasteiger partial charge in [0, 0.05) is 18.8 Å². The number of methoxy groups -OCH3 is 2. The van der Waals surface area contributed by atoms with E-state index in [0.29, 0.717) is 24.5 Å². The molecule has 1 atom stereocenters. The lowest BCUT2D eigenvalue weighted by Crippen LogP contribution is -2.42. The number of hydrogen-bond acceptors (Lipinski definition) is 4. The monoisotopic (exact) mass is 457 g/mol. The Bertz CT molecular complexity index is 935. The average Bonchev–Trinajstić information content (AvgIpc) is 2.76. The van der Waals surface area contributed by atoms with Crippen molar-refractivity contribution in [1.29, 1.82) is 0 Å². The SMILES string of the molecule is COc1cc2c(cc1OC)C(COc1cccc(C(F)(F)F)c1)N(C(=O)CCCl)CC2. The van der Waals surface area contributed by atoms with Crippen molar-refractivity contribution in [2.45, 2.75) is 25.1 Å². The number of halogens is 4. The first-order valence-electron chi connectivity index (χ1n) is 9.68. The molecule has 0 fully saturated rings. The van der Waals surface area contributed by atoms with Crippen LogP contribution in [0.5, 0.6) is 17.2 Å². The summed E-state index contributed by atoms with van der Waals surface area (Å²) in [6.07, 6.45) is -3.71. The Morgan fingerprint density at radius 3 is 2.52 bits per heavy atom. The number of ether oxygens (including phenoxy) is 3. The van der Waals surface area contributed by atoms with Gasteiger partial charge in [0.05, 0.1) is 25.8 Å². The van der Waals surface area contributed by atoms with Crippen molar-refractivity contribution < 1.29 is 32.2 Å². The van der Waals surface area contributed by atoms with E-state index in [0.717, 1.165) is 23.3 Å². The molecule has 0 saturated carbocycles. The molecule has 1 unspecified atom stereocenters. The number of nitrogens with zero attached hydrogens (tertiary/aromatic N) is 1. The molecule has 31 heavy (non-hydrogen) atoms. The van der Waals surface area contributed by atoms with E-state index in [2.05, 4.69) is 0 Å². The van der Waals surface area contributed by atoms with Gasteiger partial charge in [-0.25, -0.2) is 0 Å². The Labute approximate surface area is 183 Å². The lowest BCUT2D eigenvalue weighted by atomic mass is 9.92. The summed E-state index contributed by atoms with van der Waals surface area (Å²) in [6.45, 7) is 0.423. The number of carbonyl (C=O) groups excluding carboxylic acids is 1. The molecule has 0 N–H and O–H groups in total. The fourth-order valence-corrected chi connectivity index (χ4v) is 3.83. The minimum absolute atomic E-state index is 0.0161. The second-order valence-corrected chi connectivity index (χ2v) is 7.41. The highest BCUT2D eigenvalue weighted by atomic mass is 35.5. The van der Waals surface area contributed by atoms with Gasteiger partial charge in [-0.15, -0.1) is 11.6 Å². The highest BCUT2D eigenvalue weighted by Gasteiger charge is 2.33. The van der Waals surface area contributed by atoms with Gasteiger partial charge < -0.3 is 19.1 Å². The summed E-state index contributed by atoms with van der Waals surface area (Å²) in [7, 11) is 3.05. The van der Waals surface area contributed by atoms with Gasteiger partial charge in [0.2, 0.25) is 5.91 Å². The average molecular weight is 458 g/mol. The van der Waals surface area contributed by atoms with E-state index in [4.69, 9.17) is 25.8 Å². The highest BCUT2D eigenvalue weighted by Crippen LogP contribution is 2.39. The molecular weight excluding hydrogens is 435 g/mol. The van der Waals surface area contributed by atoms with Gasteiger partial charge in [-0.2, -0.15) is 13.2 Å². The number of hydrogen-bond donors (Lipinski definition) is 0. The number of carbonyl (C=O) groups is 1. The number of alkyl halides is 4. The summed E-state index contributed by atoms with van der Waals surface area (Å²) in [6, 6.07) is 7.81. The quantitative estimate of drug-likeness (QED) is 0.557. The molecule has 0 saturated heterocycles. The van der Waals surface area contributed by atoms with Crippen LogP contribution >= 0.6 is 11.6 Å². The van der Waals surface area contributed by atoms with Crippen LogP contribution in [0.2, 0.25) is 0 Å². The van der Waals surface area contributed by atoms with Crippen LogP contribution in [-0.2, 0) is 17.4 Å². The summed E-state index contributed by atoms with van der Waals surface area (Å²) in [5.41, 5.74) is 0.972. The van der Waals surface area contributed by atoms with Crippen LogP contribution in [0.4, 0.5) is 13.2 Å². The predicted octanol–water partition coefficient (Wildman–Crippen LogP) is 4.86. The maximum Gasteiger partial charge on any atom is 0.416 e. The first-order chi connectivity index (χ1) is 14.8. The van der Waals surface area contributed by atoms with Crippen LogP contribution in [0, 0.1) is 0 Å². The highest BCUT2D eigenvalue weighted by molar-refractivity contribution is 6.18. The molecule has 9 heteroatoms. The lowest BCUT2D eigenvalue weighted by Gasteiger charge is -2.37. The predicted molar refractivity (Wildman–Crippen MR) is 110 cm³/mol.